The summed E-state index contributed by atoms with van der Waals surface area (Å²) in [4.78, 5) is 21.0. The topological polar surface area (TPSA) is 89.4 Å². The van der Waals surface area contributed by atoms with Gasteiger partial charge >= 0.3 is 0 Å². The Kier molecular flexibility index (Phi) is 8.38. The largest absolute Gasteiger partial charge is 0.504 e. The Morgan fingerprint density at radius 1 is 1.29 bits per heavy atom. The summed E-state index contributed by atoms with van der Waals surface area (Å²) in [6, 6.07) is 5.57. The highest BCUT2D eigenvalue weighted by molar-refractivity contribution is 5.80. The summed E-state index contributed by atoms with van der Waals surface area (Å²) in [7, 11) is 1.53. The van der Waals surface area contributed by atoms with E-state index in [0.717, 1.165) is 44.2 Å². The number of guanidine groups is 1. The van der Waals surface area contributed by atoms with Gasteiger partial charge in [-0.3, -0.25) is 9.69 Å². The first-order chi connectivity index (χ1) is 13.4. The van der Waals surface area contributed by atoms with Gasteiger partial charge in [-0.05, 0) is 26.8 Å². The molecule has 0 bridgehead atoms. The molecular weight excluding hydrogens is 358 g/mol. The maximum Gasteiger partial charge on any atom is 0.234 e. The molecule has 1 aromatic carbocycles. The number of nitrogens with zero attached hydrogens (tertiary/aromatic N) is 3. The normalized spacial score (nSPS) is 15.6. The second-order valence-corrected chi connectivity index (χ2v) is 7.12. The number of aromatic hydroxyl groups is 1. The van der Waals surface area contributed by atoms with Crippen LogP contribution >= 0.6 is 0 Å². The third kappa shape index (κ3) is 6.30. The molecule has 0 aliphatic carbocycles. The number of aliphatic imine (C=N–C) groups is 1. The summed E-state index contributed by atoms with van der Waals surface area (Å²) in [6.45, 7) is 10.7. The maximum atomic E-state index is 11.9. The minimum absolute atomic E-state index is 0.0672. The molecule has 0 spiro atoms. The van der Waals surface area contributed by atoms with Crippen molar-refractivity contribution in [3.05, 3.63) is 23.8 Å². The van der Waals surface area contributed by atoms with Crippen LogP contribution in [0.4, 0.5) is 0 Å². The number of carbonyl (C=O) groups excluding carboxylic acids is 1. The monoisotopic (exact) mass is 391 g/mol. The zero-order valence-electron chi connectivity index (χ0n) is 17.4. The van der Waals surface area contributed by atoms with Crippen LogP contribution in [0.25, 0.3) is 0 Å². The van der Waals surface area contributed by atoms with E-state index < -0.39 is 0 Å². The number of para-hydroxylation sites is 1. The second-order valence-electron chi connectivity index (χ2n) is 7.12. The zero-order valence-corrected chi connectivity index (χ0v) is 17.4. The van der Waals surface area contributed by atoms with Crippen LogP contribution in [0, 0.1) is 0 Å². The molecule has 0 unspecified atom stereocenters. The van der Waals surface area contributed by atoms with E-state index in [1.807, 2.05) is 32.9 Å². The van der Waals surface area contributed by atoms with E-state index in [-0.39, 0.29) is 17.7 Å². The summed E-state index contributed by atoms with van der Waals surface area (Å²) in [5.74, 6) is 1.46. The fraction of sp³-hybridized carbons (Fsp3) is 0.600. The Labute approximate surface area is 167 Å². The van der Waals surface area contributed by atoms with Crippen LogP contribution in [-0.4, -0.2) is 79.2 Å². The van der Waals surface area contributed by atoms with Crippen LogP contribution in [0.2, 0.25) is 0 Å². The number of nitrogens with one attached hydrogen (secondary N) is 2. The van der Waals surface area contributed by atoms with Gasteiger partial charge in [0.15, 0.2) is 17.5 Å². The van der Waals surface area contributed by atoms with Crippen molar-refractivity contribution < 1.29 is 14.6 Å². The van der Waals surface area contributed by atoms with Gasteiger partial charge in [0.25, 0.3) is 0 Å². The van der Waals surface area contributed by atoms with E-state index in [9.17, 15) is 9.90 Å². The average molecular weight is 392 g/mol. The van der Waals surface area contributed by atoms with Crippen molar-refractivity contribution in [1.82, 2.24) is 20.4 Å². The number of piperazine rings is 1. The zero-order chi connectivity index (χ0) is 20.5. The van der Waals surface area contributed by atoms with Crippen molar-refractivity contribution >= 4 is 11.9 Å². The van der Waals surface area contributed by atoms with Crippen LogP contribution in [0.3, 0.4) is 0 Å². The molecule has 0 atom stereocenters. The smallest absolute Gasteiger partial charge is 0.234 e. The summed E-state index contributed by atoms with van der Waals surface area (Å²) in [5, 5.41) is 16.5. The molecule has 0 radical (unpaired) electrons. The number of methoxy groups -OCH3 is 1. The second kappa shape index (κ2) is 10.8. The Hall–Kier alpha value is -2.48. The van der Waals surface area contributed by atoms with Gasteiger partial charge in [0.05, 0.1) is 20.2 Å². The van der Waals surface area contributed by atoms with Crippen LogP contribution in [0.15, 0.2) is 23.2 Å². The van der Waals surface area contributed by atoms with Crippen molar-refractivity contribution in [2.24, 2.45) is 4.99 Å². The summed E-state index contributed by atoms with van der Waals surface area (Å²) >= 11 is 0. The van der Waals surface area contributed by atoms with E-state index in [1.165, 1.54) is 7.11 Å². The SMILES string of the molecule is CCNC(=NCc1cccc(OC)c1O)N1CCN(CC(=O)NC(C)C)CC1. The van der Waals surface area contributed by atoms with E-state index in [4.69, 9.17) is 4.74 Å². The van der Waals surface area contributed by atoms with Crippen molar-refractivity contribution in [2.75, 3.05) is 46.4 Å². The Bertz CT molecular complexity index is 670. The molecule has 28 heavy (non-hydrogen) atoms. The molecule has 1 heterocycles. The van der Waals surface area contributed by atoms with Gasteiger partial charge in [0.2, 0.25) is 5.91 Å². The van der Waals surface area contributed by atoms with Gasteiger partial charge < -0.3 is 25.4 Å². The summed E-state index contributed by atoms with van der Waals surface area (Å²) in [6.07, 6.45) is 0. The van der Waals surface area contributed by atoms with Gasteiger partial charge in [-0.2, -0.15) is 0 Å². The van der Waals surface area contributed by atoms with Crippen LogP contribution in [-0.2, 0) is 11.3 Å². The number of benzene rings is 1. The van der Waals surface area contributed by atoms with Gasteiger partial charge in [-0.1, -0.05) is 12.1 Å². The van der Waals surface area contributed by atoms with Crippen LogP contribution in [0.5, 0.6) is 11.5 Å². The minimum atomic E-state index is 0.0672. The molecular formula is C20H33N5O3. The molecule has 1 aliphatic heterocycles. The molecule has 1 fully saturated rings. The molecule has 156 valence electrons. The van der Waals surface area contributed by atoms with Gasteiger partial charge in [-0.15, -0.1) is 0 Å². The fourth-order valence-electron chi connectivity index (χ4n) is 3.13. The summed E-state index contributed by atoms with van der Waals surface area (Å²) < 4.78 is 5.16. The number of ether oxygens (including phenoxy) is 1. The number of amides is 1. The summed E-state index contributed by atoms with van der Waals surface area (Å²) in [5.41, 5.74) is 0.721. The lowest BCUT2D eigenvalue weighted by atomic mass is 10.2. The Balaban J connectivity index is 1.96. The molecule has 1 aliphatic rings. The van der Waals surface area contributed by atoms with Gasteiger partial charge in [-0.25, -0.2) is 4.99 Å². The first kappa shape index (κ1) is 21.8. The standard InChI is InChI=1S/C20H33N5O3/c1-5-21-20(22-13-16-7-6-8-17(28-4)19(16)27)25-11-9-24(10-12-25)14-18(26)23-15(2)3/h6-8,15,27H,5,9-14H2,1-4H3,(H,21,22)(H,23,26). The van der Waals surface area contributed by atoms with Gasteiger partial charge in [0.1, 0.15) is 0 Å². The third-order valence-corrected chi connectivity index (χ3v) is 4.53. The molecule has 8 heteroatoms. The van der Waals surface area contributed by atoms with Crippen LogP contribution < -0.4 is 15.4 Å². The minimum Gasteiger partial charge on any atom is -0.504 e. The number of phenols is 1. The third-order valence-electron chi connectivity index (χ3n) is 4.53. The average Bonchev–Trinajstić information content (AvgIpc) is 2.66. The van der Waals surface area contributed by atoms with Crippen molar-refractivity contribution in [2.45, 2.75) is 33.4 Å². The van der Waals surface area contributed by atoms with Crippen LogP contribution in [0.1, 0.15) is 26.3 Å². The number of phenolic OH excluding ortho intramolecular Hbond substituents is 1. The Morgan fingerprint density at radius 2 is 2.00 bits per heavy atom. The molecule has 3 N–H and O–H groups in total. The lowest BCUT2D eigenvalue weighted by Gasteiger charge is -2.36. The lowest BCUT2D eigenvalue weighted by Crippen LogP contribution is -2.54. The molecule has 0 saturated carbocycles. The predicted octanol–water partition coefficient (Wildman–Crippen LogP) is 1.01. The highest BCUT2D eigenvalue weighted by atomic mass is 16.5. The maximum absolute atomic E-state index is 11.9. The predicted molar refractivity (Wildman–Crippen MR) is 111 cm³/mol. The Morgan fingerprint density at radius 3 is 2.61 bits per heavy atom. The van der Waals surface area contributed by atoms with E-state index in [0.29, 0.717) is 18.8 Å². The molecule has 8 nitrogen and oxygen atoms in total. The fourth-order valence-corrected chi connectivity index (χ4v) is 3.13. The number of hydrogen-bond donors (Lipinski definition) is 3. The molecule has 1 aromatic rings. The first-order valence-corrected chi connectivity index (χ1v) is 9.84. The number of carbonyl (C=O) groups is 1. The molecule has 0 aromatic heterocycles. The molecule has 1 amide bonds. The highest BCUT2D eigenvalue weighted by Gasteiger charge is 2.21. The van der Waals surface area contributed by atoms with Gasteiger partial charge in [0, 0.05) is 44.3 Å². The van der Waals surface area contributed by atoms with Crippen molar-refractivity contribution in [3.8, 4) is 11.5 Å². The quantitative estimate of drug-likeness (QED) is 0.475. The van der Waals surface area contributed by atoms with E-state index in [1.54, 1.807) is 6.07 Å². The highest BCUT2D eigenvalue weighted by Crippen LogP contribution is 2.29. The number of rotatable bonds is 7. The number of hydrogen-bond acceptors (Lipinski definition) is 5. The molecule has 1 saturated heterocycles. The van der Waals surface area contributed by atoms with E-state index >= 15 is 0 Å². The molecule has 2 rings (SSSR count). The van der Waals surface area contributed by atoms with E-state index in [2.05, 4.69) is 25.4 Å². The first-order valence-electron chi connectivity index (χ1n) is 9.84. The lowest BCUT2D eigenvalue weighted by molar-refractivity contribution is -0.123. The van der Waals surface area contributed by atoms with Crippen molar-refractivity contribution in [3.63, 3.8) is 0 Å². The van der Waals surface area contributed by atoms with Crippen molar-refractivity contribution in [1.29, 1.82) is 0 Å².